The van der Waals surface area contributed by atoms with Crippen molar-refractivity contribution < 1.29 is 23.0 Å². The number of fused-ring (bicyclic) bond motifs is 1. The van der Waals surface area contributed by atoms with Crippen LogP contribution in [0.2, 0.25) is 0 Å². The Labute approximate surface area is 124 Å². The number of benzene rings is 2. The van der Waals surface area contributed by atoms with Gasteiger partial charge in [-0.15, -0.1) is 0 Å². The zero-order chi connectivity index (χ0) is 15.7. The molecule has 0 N–H and O–H groups in total. The number of aromatic nitrogens is 1. The van der Waals surface area contributed by atoms with Crippen LogP contribution in [0, 0.1) is 16.8 Å². The molecule has 4 nitrogen and oxygen atoms in total. The van der Waals surface area contributed by atoms with Crippen LogP contribution in [0.3, 0.4) is 0 Å². The van der Waals surface area contributed by atoms with Crippen molar-refractivity contribution in [3.05, 3.63) is 65.5 Å². The predicted molar refractivity (Wildman–Crippen MR) is 75.9 cm³/mol. The first-order chi connectivity index (χ1) is 10.6. The van der Waals surface area contributed by atoms with Gasteiger partial charge in [0.1, 0.15) is 5.82 Å². The summed E-state index contributed by atoms with van der Waals surface area (Å²) in [5.41, 5.74) is 0.348. The lowest BCUT2D eigenvalue weighted by molar-refractivity contribution is -0.577. The molecule has 0 saturated carbocycles. The maximum atomic E-state index is 13.8. The van der Waals surface area contributed by atoms with Crippen LogP contribution in [0.25, 0.3) is 10.9 Å². The second kappa shape index (κ2) is 5.48. The molecule has 0 bridgehead atoms. The van der Waals surface area contributed by atoms with Gasteiger partial charge in [0.25, 0.3) is 0 Å². The van der Waals surface area contributed by atoms with Crippen LogP contribution in [-0.2, 0) is 0 Å². The highest BCUT2D eigenvalue weighted by molar-refractivity contribution is 5.86. The third kappa shape index (κ3) is 2.39. The fraction of sp³-hybridized carbons (Fsp3) is 0.0625. The number of methoxy groups -OCH3 is 1. The first-order valence-corrected chi connectivity index (χ1v) is 6.42. The average Bonchev–Trinajstić information content (AvgIpc) is 2.50. The van der Waals surface area contributed by atoms with Crippen molar-refractivity contribution in [2.45, 2.75) is 0 Å². The Bertz CT molecular complexity index is 852. The van der Waals surface area contributed by atoms with Crippen LogP contribution < -0.4 is 14.2 Å². The number of rotatable bonds is 3. The summed E-state index contributed by atoms with van der Waals surface area (Å²) in [7, 11) is 1.43. The number of ether oxygens (including phenoxy) is 2. The molecule has 3 rings (SSSR count). The largest absolute Gasteiger partial charge is 0.618 e. The van der Waals surface area contributed by atoms with Crippen LogP contribution in [-0.4, -0.2) is 7.11 Å². The average molecular weight is 303 g/mol. The van der Waals surface area contributed by atoms with Gasteiger partial charge in [-0.2, -0.15) is 4.73 Å². The molecule has 0 aliphatic rings. The van der Waals surface area contributed by atoms with E-state index in [2.05, 4.69) is 0 Å². The van der Waals surface area contributed by atoms with Gasteiger partial charge in [-0.25, -0.2) is 8.78 Å². The normalized spacial score (nSPS) is 10.7. The third-order valence-corrected chi connectivity index (χ3v) is 3.18. The van der Waals surface area contributed by atoms with E-state index in [9.17, 15) is 14.0 Å². The molecule has 0 aliphatic carbocycles. The lowest BCUT2D eigenvalue weighted by Crippen LogP contribution is -2.25. The maximum absolute atomic E-state index is 13.8. The molecule has 112 valence electrons. The summed E-state index contributed by atoms with van der Waals surface area (Å²) in [6, 6.07) is 9.32. The first kappa shape index (κ1) is 14.1. The topological polar surface area (TPSA) is 45.4 Å². The van der Waals surface area contributed by atoms with E-state index in [1.54, 1.807) is 24.3 Å². The molecule has 0 unspecified atom stereocenters. The Morgan fingerprint density at radius 2 is 1.82 bits per heavy atom. The van der Waals surface area contributed by atoms with Gasteiger partial charge in [0.15, 0.2) is 29.3 Å². The van der Waals surface area contributed by atoms with Crippen LogP contribution in [0.5, 0.6) is 17.2 Å². The zero-order valence-electron chi connectivity index (χ0n) is 11.5. The number of hydrogen-bond acceptors (Lipinski definition) is 3. The lowest BCUT2D eigenvalue weighted by atomic mass is 10.2. The minimum absolute atomic E-state index is 0.159. The van der Waals surface area contributed by atoms with Crippen molar-refractivity contribution in [3.8, 4) is 17.2 Å². The van der Waals surface area contributed by atoms with Gasteiger partial charge in [0.05, 0.1) is 12.5 Å². The Balaban J connectivity index is 2.18. The van der Waals surface area contributed by atoms with Crippen molar-refractivity contribution in [3.63, 3.8) is 0 Å². The molecule has 1 heterocycles. The molecule has 0 saturated heterocycles. The van der Waals surface area contributed by atoms with E-state index in [1.165, 1.54) is 19.4 Å². The standard InChI is InChI=1S/C16H11F2NO3/c1-21-15-7-5-13-11(3-2-8-19(13)20)16(15)22-14-6-4-10(17)9-12(14)18/h2-9H,1H3. The molecule has 1 aromatic heterocycles. The fourth-order valence-electron chi connectivity index (χ4n) is 2.15. The van der Waals surface area contributed by atoms with Crippen LogP contribution in [0.15, 0.2) is 48.7 Å². The Hall–Kier alpha value is -2.89. The molecule has 2 aromatic carbocycles. The van der Waals surface area contributed by atoms with E-state index < -0.39 is 11.6 Å². The molecule has 3 aromatic rings. The Morgan fingerprint density at radius 1 is 1.05 bits per heavy atom. The second-order valence-corrected chi connectivity index (χ2v) is 4.54. The monoisotopic (exact) mass is 303 g/mol. The molecule has 0 radical (unpaired) electrons. The van der Waals surface area contributed by atoms with Gasteiger partial charge < -0.3 is 14.7 Å². The molecule has 0 atom stereocenters. The summed E-state index contributed by atoms with van der Waals surface area (Å²) in [6.07, 6.45) is 1.34. The number of halogens is 2. The van der Waals surface area contributed by atoms with E-state index in [1.807, 2.05) is 0 Å². The number of hydrogen-bond donors (Lipinski definition) is 0. The van der Waals surface area contributed by atoms with E-state index in [0.29, 0.717) is 21.4 Å². The van der Waals surface area contributed by atoms with Gasteiger partial charge in [0.2, 0.25) is 5.52 Å². The minimum atomic E-state index is -0.843. The molecular formula is C16H11F2NO3. The maximum Gasteiger partial charge on any atom is 0.227 e. The molecule has 0 fully saturated rings. The molecule has 0 spiro atoms. The molecule has 0 aliphatic heterocycles. The van der Waals surface area contributed by atoms with E-state index in [0.717, 1.165) is 12.1 Å². The zero-order valence-corrected chi connectivity index (χ0v) is 11.5. The number of nitrogens with zero attached hydrogens (tertiary/aromatic N) is 1. The van der Waals surface area contributed by atoms with Gasteiger partial charge in [0, 0.05) is 18.2 Å². The van der Waals surface area contributed by atoms with Crippen molar-refractivity contribution in [2.75, 3.05) is 7.11 Å². The van der Waals surface area contributed by atoms with Gasteiger partial charge in [-0.1, -0.05) is 0 Å². The second-order valence-electron chi connectivity index (χ2n) is 4.54. The first-order valence-electron chi connectivity index (χ1n) is 6.42. The summed E-state index contributed by atoms with van der Waals surface area (Å²) in [5.74, 6) is -1.18. The highest BCUT2D eigenvalue weighted by Crippen LogP contribution is 2.38. The van der Waals surface area contributed by atoms with E-state index in [-0.39, 0.29) is 11.5 Å². The highest BCUT2D eigenvalue weighted by Gasteiger charge is 2.17. The molecule has 6 heteroatoms. The van der Waals surface area contributed by atoms with E-state index >= 15 is 0 Å². The van der Waals surface area contributed by atoms with Crippen molar-refractivity contribution in [1.29, 1.82) is 0 Å². The summed E-state index contributed by atoms with van der Waals surface area (Å²) >= 11 is 0. The fourth-order valence-corrected chi connectivity index (χ4v) is 2.15. The summed E-state index contributed by atoms with van der Waals surface area (Å²) in [6.45, 7) is 0. The highest BCUT2D eigenvalue weighted by atomic mass is 19.1. The lowest BCUT2D eigenvalue weighted by Gasteiger charge is -2.13. The smallest absolute Gasteiger partial charge is 0.227 e. The van der Waals surface area contributed by atoms with E-state index in [4.69, 9.17) is 9.47 Å². The third-order valence-electron chi connectivity index (χ3n) is 3.18. The van der Waals surface area contributed by atoms with Gasteiger partial charge in [-0.05, 0) is 24.3 Å². The van der Waals surface area contributed by atoms with Crippen molar-refractivity contribution in [1.82, 2.24) is 0 Å². The molecular weight excluding hydrogens is 292 g/mol. The summed E-state index contributed by atoms with van der Waals surface area (Å²) in [5, 5.41) is 12.3. The molecule has 22 heavy (non-hydrogen) atoms. The minimum Gasteiger partial charge on any atom is -0.618 e. The Morgan fingerprint density at radius 3 is 2.55 bits per heavy atom. The van der Waals surface area contributed by atoms with Crippen molar-refractivity contribution in [2.24, 2.45) is 0 Å². The molecule has 0 amide bonds. The summed E-state index contributed by atoms with van der Waals surface area (Å²) < 4.78 is 38.2. The van der Waals surface area contributed by atoms with Crippen molar-refractivity contribution >= 4 is 10.9 Å². The van der Waals surface area contributed by atoms with Crippen LogP contribution >= 0.6 is 0 Å². The summed E-state index contributed by atoms with van der Waals surface area (Å²) in [4.78, 5) is 0. The number of pyridine rings is 1. The van der Waals surface area contributed by atoms with Gasteiger partial charge in [-0.3, -0.25) is 0 Å². The Kier molecular flexibility index (Phi) is 3.50. The van der Waals surface area contributed by atoms with Crippen LogP contribution in [0.1, 0.15) is 0 Å². The van der Waals surface area contributed by atoms with Gasteiger partial charge >= 0.3 is 0 Å². The quantitative estimate of drug-likeness (QED) is 0.549. The predicted octanol–water partition coefficient (Wildman–Crippen LogP) is 3.55. The van der Waals surface area contributed by atoms with Crippen LogP contribution in [0.4, 0.5) is 8.78 Å². The SMILES string of the molecule is COc1ccc2c(ccc[n+]2[O-])c1Oc1ccc(F)cc1F.